The number of hydrogen-bond acceptors (Lipinski definition) is 2. The van der Waals surface area contributed by atoms with Crippen LogP contribution in [-0.4, -0.2) is 37.1 Å². The Kier molecular flexibility index (Phi) is 1.90. The molecule has 0 aromatic heterocycles. The van der Waals surface area contributed by atoms with Crippen molar-refractivity contribution in [1.29, 1.82) is 0 Å². The van der Waals surface area contributed by atoms with Gasteiger partial charge in [0.1, 0.15) is 0 Å². The largest absolute Gasteiger partial charge is 0.313 e. The van der Waals surface area contributed by atoms with Crippen molar-refractivity contribution in [3.8, 4) is 0 Å². The molecule has 2 heteroatoms. The van der Waals surface area contributed by atoms with Gasteiger partial charge in [0.05, 0.1) is 0 Å². The molecule has 0 spiro atoms. The number of likely N-dealkylation sites (tertiary alicyclic amines) is 1. The Morgan fingerprint density at radius 1 is 1.27 bits per heavy atom. The van der Waals surface area contributed by atoms with Crippen LogP contribution in [0.1, 0.15) is 25.7 Å². The van der Waals surface area contributed by atoms with Gasteiger partial charge >= 0.3 is 0 Å². The minimum absolute atomic E-state index is 0.532. The smallest absolute Gasteiger partial charge is 0.0307 e. The van der Waals surface area contributed by atoms with E-state index >= 15 is 0 Å². The summed E-state index contributed by atoms with van der Waals surface area (Å²) in [5, 5.41) is 3.44. The Bertz CT molecular complexity index is 134. The normalized spacial score (nSPS) is 29.2. The summed E-state index contributed by atoms with van der Waals surface area (Å²) in [4.78, 5) is 2.60. The topological polar surface area (TPSA) is 15.3 Å². The molecule has 2 rings (SSSR count). The molecular formula is C9H18N2. The average Bonchev–Trinajstić information content (AvgIpc) is 2.59. The quantitative estimate of drug-likeness (QED) is 0.648. The van der Waals surface area contributed by atoms with E-state index in [9.17, 15) is 0 Å². The molecule has 1 saturated heterocycles. The first kappa shape index (κ1) is 7.56. The Labute approximate surface area is 69.0 Å². The molecule has 64 valence electrons. The molecule has 1 heterocycles. The summed E-state index contributed by atoms with van der Waals surface area (Å²) in [6.45, 7) is 3.97. The molecule has 11 heavy (non-hydrogen) atoms. The molecule has 1 aliphatic carbocycles. The van der Waals surface area contributed by atoms with Gasteiger partial charge in [0.2, 0.25) is 0 Å². The first-order chi connectivity index (χ1) is 5.35. The highest BCUT2D eigenvalue weighted by atomic mass is 15.2. The highest BCUT2D eigenvalue weighted by Gasteiger charge is 2.42. The molecular weight excluding hydrogens is 136 g/mol. The summed E-state index contributed by atoms with van der Waals surface area (Å²) < 4.78 is 0. The van der Waals surface area contributed by atoms with E-state index in [1.165, 1.54) is 45.3 Å². The number of hydrogen-bond donors (Lipinski definition) is 1. The number of rotatable bonds is 3. The predicted octanol–water partition coefficient (Wildman–Crippen LogP) is 0.834. The predicted molar refractivity (Wildman–Crippen MR) is 46.7 cm³/mol. The number of likely N-dealkylation sites (N-methyl/N-ethyl adjacent to an activating group) is 1. The van der Waals surface area contributed by atoms with E-state index in [4.69, 9.17) is 0 Å². The summed E-state index contributed by atoms with van der Waals surface area (Å²) in [5.41, 5.74) is 0.532. The molecule has 0 radical (unpaired) electrons. The van der Waals surface area contributed by atoms with E-state index in [0.29, 0.717) is 5.54 Å². The molecule has 0 bridgehead atoms. The van der Waals surface area contributed by atoms with Crippen molar-refractivity contribution in [3.63, 3.8) is 0 Å². The van der Waals surface area contributed by atoms with E-state index in [0.717, 1.165) is 0 Å². The van der Waals surface area contributed by atoms with Gasteiger partial charge in [-0.25, -0.2) is 0 Å². The van der Waals surface area contributed by atoms with Crippen molar-refractivity contribution in [2.24, 2.45) is 0 Å². The molecule has 2 nitrogen and oxygen atoms in total. The molecule has 1 saturated carbocycles. The Balaban J connectivity index is 1.80. The zero-order valence-electron chi connectivity index (χ0n) is 7.40. The third-order valence-electron chi connectivity index (χ3n) is 3.11. The number of nitrogens with zero attached hydrogens (tertiary/aromatic N) is 1. The van der Waals surface area contributed by atoms with Crippen molar-refractivity contribution < 1.29 is 0 Å². The zero-order chi connectivity index (χ0) is 7.73. The molecule has 0 aromatic carbocycles. The van der Waals surface area contributed by atoms with Crippen molar-refractivity contribution in [2.75, 3.05) is 26.7 Å². The van der Waals surface area contributed by atoms with Crippen LogP contribution in [0.2, 0.25) is 0 Å². The zero-order valence-corrected chi connectivity index (χ0v) is 7.40. The van der Waals surface area contributed by atoms with E-state index < -0.39 is 0 Å². The van der Waals surface area contributed by atoms with Crippen LogP contribution >= 0.6 is 0 Å². The molecule has 1 aliphatic heterocycles. The van der Waals surface area contributed by atoms with Crippen LogP contribution in [0.15, 0.2) is 0 Å². The van der Waals surface area contributed by atoms with Crippen molar-refractivity contribution in [1.82, 2.24) is 10.2 Å². The number of nitrogens with one attached hydrogen (secondary N) is 1. The maximum atomic E-state index is 3.44. The molecule has 0 amide bonds. The Morgan fingerprint density at radius 3 is 2.36 bits per heavy atom. The lowest BCUT2D eigenvalue weighted by molar-refractivity contribution is 0.287. The fourth-order valence-corrected chi connectivity index (χ4v) is 2.01. The third kappa shape index (κ3) is 1.57. The maximum absolute atomic E-state index is 3.44. The lowest BCUT2D eigenvalue weighted by Crippen LogP contribution is -2.40. The van der Waals surface area contributed by atoms with Crippen LogP contribution in [0.3, 0.4) is 0 Å². The van der Waals surface area contributed by atoms with Gasteiger partial charge in [0, 0.05) is 12.1 Å². The van der Waals surface area contributed by atoms with Crippen molar-refractivity contribution in [3.05, 3.63) is 0 Å². The van der Waals surface area contributed by atoms with Gasteiger partial charge in [0.25, 0.3) is 0 Å². The van der Waals surface area contributed by atoms with E-state index in [-0.39, 0.29) is 0 Å². The second-order valence-corrected chi connectivity index (χ2v) is 4.01. The fraction of sp³-hybridized carbons (Fsp3) is 1.00. The minimum Gasteiger partial charge on any atom is -0.313 e. The van der Waals surface area contributed by atoms with Crippen molar-refractivity contribution >= 4 is 0 Å². The van der Waals surface area contributed by atoms with Crippen molar-refractivity contribution in [2.45, 2.75) is 31.2 Å². The van der Waals surface area contributed by atoms with Crippen LogP contribution in [0.4, 0.5) is 0 Å². The first-order valence-electron chi connectivity index (χ1n) is 4.76. The maximum Gasteiger partial charge on any atom is 0.0307 e. The van der Waals surface area contributed by atoms with E-state index in [1.54, 1.807) is 0 Å². The lowest BCUT2D eigenvalue weighted by Gasteiger charge is -2.22. The molecule has 2 fully saturated rings. The molecule has 2 aliphatic rings. The fourth-order valence-electron chi connectivity index (χ4n) is 2.01. The van der Waals surface area contributed by atoms with Crippen LogP contribution in [0.25, 0.3) is 0 Å². The minimum atomic E-state index is 0.532. The standard InChI is InChI=1S/C9H18N2/c1-10-9(4-5-9)8-11-6-2-3-7-11/h10H,2-8H2,1H3. The summed E-state index contributed by atoms with van der Waals surface area (Å²) >= 11 is 0. The SMILES string of the molecule is CNC1(CN2CCCC2)CC1. The average molecular weight is 154 g/mol. The second kappa shape index (κ2) is 2.76. The van der Waals surface area contributed by atoms with E-state index in [2.05, 4.69) is 17.3 Å². The summed E-state index contributed by atoms with van der Waals surface area (Å²) in [5.74, 6) is 0. The van der Waals surface area contributed by atoms with Gasteiger partial charge in [-0.15, -0.1) is 0 Å². The summed E-state index contributed by atoms with van der Waals surface area (Å²) in [6.07, 6.45) is 5.61. The highest BCUT2D eigenvalue weighted by molar-refractivity contribution is 5.03. The van der Waals surface area contributed by atoms with Gasteiger partial charge in [-0.1, -0.05) is 0 Å². The molecule has 0 unspecified atom stereocenters. The third-order valence-corrected chi connectivity index (χ3v) is 3.11. The van der Waals surface area contributed by atoms with Gasteiger partial charge in [-0.3, -0.25) is 0 Å². The van der Waals surface area contributed by atoms with Crippen LogP contribution < -0.4 is 5.32 Å². The van der Waals surface area contributed by atoms with Gasteiger partial charge in [-0.2, -0.15) is 0 Å². The van der Waals surface area contributed by atoms with Crippen LogP contribution in [0, 0.1) is 0 Å². The van der Waals surface area contributed by atoms with Gasteiger partial charge in [0.15, 0.2) is 0 Å². The van der Waals surface area contributed by atoms with Gasteiger partial charge < -0.3 is 10.2 Å². The Morgan fingerprint density at radius 2 is 1.91 bits per heavy atom. The monoisotopic (exact) mass is 154 g/mol. The summed E-state index contributed by atoms with van der Waals surface area (Å²) in [7, 11) is 2.10. The molecule has 0 atom stereocenters. The molecule has 1 N–H and O–H groups in total. The second-order valence-electron chi connectivity index (χ2n) is 4.01. The van der Waals surface area contributed by atoms with E-state index in [1.807, 2.05) is 0 Å². The van der Waals surface area contributed by atoms with Crippen LogP contribution in [-0.2, 0) is 0 Å². The summed E-state index contributed by atoms with van der Waals surface area (Å²) in [6, 6.07) is 0. The van der Waals surface area contributed by atoms with Crippen LogP contribution in [0.5, 0.6) is 0 Å². The Hall–Kier alpha value is -0.0800. The molecule has 0 aromatic rings. The first-order valence-corrected chi connectivity index (χ1v) is 4.76. The van der Waals surface area contributed by atoms with Gasteiger partial charge in [-0.05, 0) is 45.8 Å². The highest BCUT2D eigenvalue weighted by Crippen LogP contribution is 2.36. The lowest BCUT2D eigenvalue weighted by atomic mass is 10.2.